The second kappa shape index (κ2) is 9.52. The van der Waals surface area contributed by atoms with Crippen molar-refractivity contribution in [3.05, 3.63) is 145 Å². The Morgan fingerprint density at radius 2 is 1.68 bits per heavy atom. The maximum absolute atomic E-state index is 10.9. The lowest BCUT2D eigenvalue weighted by atomic mass is 9.58. The van der Waals surface area contributed by atoms with Crippen molar-refractivity contribution in [2.45, 2.75) is 51.6 Å². The molecule has 0 bridgehead atoms. The second-order valence-corrected chi connectivity index (χ2v) is 12.6. The summed E-state index contributed by atoms with van der Waals surface area (Å²) < 4.78 is 7.01. The minimum atomic E-state index is -0.519. The van der Waals surface area contributed by atoms with E-state index in [9.17, 15) is 5.11 Å². The molecule has 0 aliphatic carbocycles. The van der Waals surface area contributed by atoms with Crippen LogP contribution in [0.1, 0.15) is 54.8 Å². The molecule has 0 saturated carbocycles. The van der Waals surface area contributed by atoms with Gasteiger partial charge >= 0.3 is 0 Å². The zero-order valence-corrected chi connectivity index (χ0v) is 26.2. The molecule has 44 heavy (non-hydrogen) atoms. The van der Waals surface area contributed by atoms with E-state index in [1.807, 2.05) is 26.0 Å². The third-order valence-electron chi connectivity index (χ3n) is 10.4. The van der Waals surface area contributed by atoms with Gasteiger partial charge in [0.05, 0.1) is 16.6 Å². The highest BCUT2D eigenvalue weighted by atomic mass is 16.3. The number of aliphatic hydroxyl groups is 1. The molecule has 218 valence electrons. The van der Waals surface area contributed by atoms with Gasteiger partial charge in [-0.15, -0.1) is 0 Å². The Labute approximate surface area is 259 Å². The van der Waals surface area contributed by atoms with E-state index in [0.29, 0.717) is 0 Å². The minimum Gasteiger partial charge on any atom is -0.508 e. The standard InChI is InChI=1S/C40H38N3O/c1-9-15-26(4)43-27(5)37(28(6)44)32-23-31-33(24-36(32)43)40(8,39(7,10-2)42-21-19-25(3)22-35(31)42)38-30-17-12-11-16-29(30)34-18-13-14-20-41(34)38/h9-24,38H,2,4,6H2,1,3,5,7-8H3/q+1/p+1/b15-9-. The number of fused-ring (bicyclic) bond motifs is 7. The van der Waals surface area contributed by atoms with Gasteiger partial charge < -0.3 is 9.67 Å². The monoisotopic (exact) mass is 577 g/mol. The number of aromatic nitrogens is 3. The summed E-state index contributed by atoms with van der Waals surface area (Å²) in [5.41, 5.74) is 10.9. The summed E-state index contributed by atoms with van der Waals surface area (Å²) in [5, 5.41) is 11.9. The molecule has 2 aromatic carbocycles. The highest BCUT2D eigenvalue weighted by molar-refractivity contribution is 5.99. The van der Waals surface area contributed by atoms with Crippen molar-refractivity contribution in [1.82, 2.24) is 4.57 Å². The lowest BCUT2D eigenvalue weighted by Crippen LogP contribution is -2.71. The average molecular weight is 578 g/mol. The Kier molecular flexibility index (Phi) is 6.03. The lowest BCUT2D eigenvalue weighted by Gasteiger charge is -2.46. The first-order valence-corrected chi connectivity index (χ1v) is 15.2. The van der Waals surface area contributed by atoms with Crippen LogP contribution in [0.5, 0.6) is 0 Å². The van der Waals surface area contributed by atoms with Crippen LogP contribution in [0, 0.1) is 13.8 Å². The molecule has 0 saturated heterocycles. The molecular weight excluding hydrogens is 538 g/mol. The molecule has 2 aliphatic heterocycles. The predicted octanol–water partition coefficient (Wildman–Crippen LogP) is 8.52. The summed E-state index contributed by atoms with van der Waals surface area (Å²) in [6.07, 6.45) is 10.6. The van der Waals surface area contributed by atoms with Gasteiger partial charge in [0, 0.05) is 59.1 Å². The third kappa shape index (κ3) is 3.40. The molecule has 0 radical (unpaired) electrons. The Hall–Kier alpha value is -4.96. The SMILES string of the molecule is C=CC1(C)[n+]2ccc(C)cc2-c2cc3c(C(=C)O)c(C)n(C(=C)/C=C\C)c3cc2C1(C)C1c2ccccc2-c2cccc[n+]21. The summed E-state index contributed by atoms with van der Waals surface area (Å²) in [6, 6.07) is 24.3. The maximum Gasteiger partial charge on any atom is 0.213 e. The minimum absolute atomic E-state index is 0.0217. The molecular formula is C40H39N3O+2. The predicted molar refractivity (Wildman–Crippen MR) is 180 cm³/mol. The Balaban J connectivity index is 1.68. The molecule has 0 amide bonds. The van der Waals surface area contributed by atoms with Crippen molar-refractivity contribution >= 4 is 22.4 Å². The maximum atomic E-state index is 10.9. The zero-order chi connectivity index (χ0) is 31.1. The summed E-state index contributed by atoms with van der Waals surface area (Å²) >= 11 is 0. The number of allylic oxidation sites excluding steroid dienone is 4. The molecule has 1 N–H and O–H groups in total. The smallest absolute Gasteiger partial charge is 0.213 e. The van der Waals surface area contributed by atoms with Crippen LogP contribution in [-0.4, -0.2) is 9.67 Å². The number of aliphatic hydroxyl groups excluding tert-OH is 1. The fraction of sp³-hybridized carbons (Fsp3) is 0.200. The van der Waals surface area contributed by atoms with E-state index in [0.717, 1.165) is 39.1 Å². The summed E-state index contributed by atoms with van der Waals surface area (Å²) in [7, 11) is 0. The van der Waals surface area contributed by atoms with Crippen molar-refractivity contribution in [2.24, 2.45) is 0 Å². The molecule has 7 rings (SSSR count). The molecule has 2 aliphatic rings. The van der Waals surface area contributed by atoms with Gasteiger partial charge in [-0.3, -0.25) is 0 Å². The van der Waals surface area contributed by atoms with E-state index in [4.69, 9.17) is 0 Å². The Morgan fingerprint density at radius 3 is 2.41 bits per heavy atom. The molecule has 4 nitrogen and oxygen atoms in total. The van der Waals surface area contributed by atoms with E-state index in [1.165, 1.54) is 27.9 Å². The summed E-state index contributed by atoms with van der Waals surface area (Å²) in [5.74, 6) is 0.0558. The van der Waals surface area contributed by atoms with Gasteiger partial charge in [-0.05, 0) is 75.2 Å². The van der Waals surface area contributed by atoms with E-state index in [2.05, 4.69) is 139 Å². The number of nitrogens with zero attached hydrogens (tertiary/aromatic N) is 3. The number of pyridine rings is 2. The Bertz CT molecular complexity index is 2070. The van der Waals surface area contributed by atoms with Gasteiger partial charge in [-0.1, -0.05) is 44.0 Å². The fourth-order valence-corrected chi connectivity index (χ4v) is 8.20. The third-order valence-corrected chi connectivity index (χ3v) is 10.4. The number of hydrogen-bond acceptors (Lipinski definition) is 1. The molecule has 3 atom stereocenters. The zero-order valence-electron chi connectivity index (χ0n) is 26.2. The van der Waals surface area contributed by atoms with Crippen LogP contribution >= 0.6 is 0 Å². The van der Waals surface area contributed by atoms with Crippen molar-refractivity contribution in [1.29, 1.82) is 0 Å². The van der Waals surface area contributed by atoms with Crippen LogP contribution in [0.25, 0.3) is 44.9 Å². The molecule has 0 fully saturated rings. The van der Waals surface area contributed by atoms with Gasteiger partial charge in [-0.2, -0.15) is 9.13 Å². The van der Waals surface area contributed by atoms with Gasteiger partial charge in [0.15, 0.2) is 17.9 Å². The normalized spacial score (nSPS) is 21.5. The van der Waals surface area contributed by atoms with Gasteiger partial charge in [0.1, 0.15) is 11.2 Å². The van der Waals surface area contributed by atoms with Crippen LogP contribution in [0.3, 0.4) is 0 Å². The first kappa shape index (κ1) is 27.8. The van der Waals surface area contributed by atoms with Crippen LogP contribution < -0.4 is 9.13 Å². The molecule has 3 aromatic heterocycles. The van der Waals surface area contributed by atoms with Gasteiger partial charge in [0.25, 0.3) is 0 Å². The van der Waals surface area contributed by atoms with Crippen molar-refractivity contribution < 1.29 is 14.2 Å². The molecule has 0 spiro atoms. The number of aryl methyl sites for hydroxylation is 1. The fourth-order valence-electron chi connectivity index (χ4n) is 8.20. The van der Waals surface area contributed by atoms with Gasteiger partial charge in [-0.25, -0.2) is 0 Å². The molecule has 3 unspecified atom stereocenters. The van der Waals surface area contributed by atoms with E-state index < -0.39 is 11.0 Å². The van der Waals surface area contributed by atoms with Gasteiger partial charge in [0.2, 0.25) is 17.4 Å². The lowest BCUT2D eigenvalue weighted by molar-refractivity contribution is -0.776. The van der Waals surface area contributed by atoms with Crippen LogP contribution in [-0.2, 0) is 11.0 Å². The van der Waals surface area contributed by atoms with E-state index in [-0.39, 0.29) is 11.8 Å². The summed E-state index contributed by atoms with van der Waals surface area (Å²) in [4.78, 5) is 0. The number of benzene rings is 2. The summed E-state index contributed by atoms with van der Waals surface area (Å²) in [6.45, 7) is 23.8. The highest BCUT2D eigenvalue weighted by Crippen LogP contribution is 2.56. The topological polar surface area (TPSA) is 32.9 Å². The average Bonchev–Trinajstić information content (AvgIpc) is 3.50. The van der Waals surface area contributed by atoms with Crippen LogP contribution in [0.2, 0.25) is 0 Å². The first-order chi connectivity index (χ1) is 21.1. The van der Waals surface area contributed by atoms with Crippen molar-refractivity contribution in [2.75, 3.05) is 0 Å². The van der Waals surface area contributed by atoms with E-state index >= 15 is 0 Å². The largest absolute Gasteiger partial charge is 0.508 e. The number of rotatable bonds is 5. The van der Waals surface area contributed by atoms with Crippen molar-refractivity contribution in [3.63, 3.8) is 0 Å². The number of hydrogen-bond donors (Lipinski definition) is 1. The highest BCUT2D eigenvalue weighted by Gasteiger charge is 2.66. The van der Waals surface area contributed by atoms with Crippen LogP contribution in [0.4, 0.5) is 0 Å². The molecule has 5 aromatic rings. The van der Waals surface area contributed by atoms with Crippen molar-refractivity contribution in [3.8, 4) is 22.5 Å². The Morgan fingerprint density at radius 1 is 0.932 bits per heavy atom. The molecule has 5 heterocycles. The van der Waals surface area contributed by atoms with Crippen LogP contribution in [0.15, 0.2) is 117 Å². The molecule has 4 heteroatoms. The quantitative estimate of drug-likeness (QED) is 0.0966. The van der Waals surface area contributed by atoms with E-state index in [1.54, 1.807) is 0 Å². The second-order valence-electron chi connectivity index (χ2n) is 12.6. The first-order valence-electron chi connectivity index (χ1n) is 15.2.